The number of anilines is 2. The van der Waals surface area contributed by atoms with Gasteiger partial charge in [0.05, 0.1) is 24.0 Å². The van der Waals surface area contributed by atoms with Crippen molar-refractivity contribution >= 4 is 35.1 Å². The third-order valence-corrected chi connectivity index (χ3v) is 4.36. The molecule has 0 radical (unpaired) electrons. The summed E-state index contributed by atoms with van der Waals surface area (Å²) in [5.74, 6) is 5.06. The molecule has 2 aromatic rings. The third kappa shape index (κ3) is 6.36. The highest BCUT2D eigenvalue weighted by Crippen LogP contribution is 2.19. The van der Waals surface area contributed by atoms with Crippen LogP contribution in [-0.2, 0) is 12.3 Å². The zero-order valence-electron chi connectivity index (χ0n) is 13.3. The summed E-state index contributed by atoms with van der Waals surface area (Å²) < 4.78 is 26.2. The lowest BCUT2D eigenvalue weighted by Gasteiger charge is -2.06. The van der Waals surface area contributed by atoms with E-state index in [4.69, 9.17) is 4.42 Å². The van der Waals surface area contributed by atoms with Crippen molar-refractivity contribution in [3.8, 4) is 0 Å². The van der Waals surface area contributed by atoms with Gasteiger partial charge in [-0.05, 0) is 26.2 Å². The normalized spacial score (nSPS) is 11.1. The van der Waals surface area contributed by atoms with Crippen molar-refractivity contribution in [3.63, 3.8) is 0 Å². The van der Waals surface area contributed by atoms with Crippen molar-refractivity contribution in [2.24, 2.45) is 0 Å². The predicted molar refractivity (Wildman–Crippen MR) is 95.1 cm³/mol. The zero-order valence-corrected chi connectivity index (χ0v) is 15.0. The maximum absolute atomic E-state index is 12.2. The first-order chi connectivity index (χ1) is 11.2. The second-order valence-electron chi connectivity index (χ2n) is 5.16. The smallest absolute Gasteiger partial charge is 0.184 e. The number of furan rings is 1. The number of nitrogens with zero attached hydrogens (tertiary/aromatic N) is 3. The summed E-state index contributed by atoms with van der Waals surface area (Å²) in [5, 5.41) is 6.11. The van der Waals surface area contributed by atoms with E-state index in [1.165, 1.54) is 0 Å². The number of aromatic nitrogens is 2. The molecule has 9 heteroatoms. The van der Waals surface area contributed by atoms with E-state index in [2.05, 4.69) is 24.3 Å². The standard InChI is InChI=1S/C14H22FN5OS2/c1-20(2)9-11-3-4-12(21-11)10-22-8-7-17-14-13(16-6-5-15)18-23-19-14/h3-4H,5-10H2,1-2H3,(H,16,18)(H,17,19). The fourth-order valence-corrected chi connectivity index (χ4v) is 3.15. The van der Waals surface area contributed by atoms with Gasteiger partial charge in [0.2, 0.25) is 0 Å². The number of alkyl halides is 1. The molecule has 2 heterocycles. The van der Waals surface area contributed by atoms with Gasteiger partial charge in [0.25, 0.3) is 0 Å². The highest BCUT2D eigenvalue weighted by molar-refractivity contribution is 7.98. The zero-order chi connectivity index (χ0) is 16.5. The van der Waals surface area contributed by atoms with E-state index >= 15 is 0 Å². The van der Waals surface area contributed by atoms with Crippen LogP contribution >= 0.6 is 23.5 Å². The van der Waals surface area contributed by atoms with Crippen molar-refractivity contribution < 1.29 is 8.81 Å². The summed E-state index contributed by atoms with van der Waals surface area (Å²) >= 11 is 2.90. The van der Waals surface area contributed by atoms with Crippen molar-refractivity contribution in [1.82, 2.24) is 13.6 Å². The Bertz CT molecular complexity index is 575. The van der Waals surface area contributed by atoms with Crippen LogP contribution in [0, 0.1) is 0 Å². The van der Waals surface area contributed by atoms with Crippen molar-refractivity contribution in [1.29, 1.82) is 0 Å². The number of rotatable bonds is 11. The summed E-state index contributed by atoms with van der Waals surface area (Å²) in [7, 11) is 4.04. The van der Waals surface area contributed by atoms with E-state index in [0.29, 0.717) is 11.6 Å². The average molecular weight is 359 g/mol. The monoisotopic (exact) mass is 359 g/mol. The minimum absolute atomic E-state index is 0.253. The lowest BCUT2D eigenvalue weighted by molar-refractivity contribution is 0.344. The van der Waals surface area contributed by atoms with Crippen molar-refractivity contribution in [3.05, 3.63) is 23.7 Å². The van der Waals surface area contributed by atoms with Crippen LogP contribution in [0.2, 0.25) is 0 Å². The Morgan fingerprint density at radius 1 is 1.17 bits per heavy atom. The van der Waals surface area contributed by atoms with Gasteiger partial charge < -0.3 is 20.0 Å². The van der Waals surface area contributed by atoms with E-state index < -0.39 is 6.67 Å². The van der Waals surface area contributed by atoms with E-state index in [9.17, 15) is 4.39 Å². The number of nitrogens with one attached hydrogen (secondary N) is 2. The van der Waals surface area contributed by atoms with Crippen LogP contribution in [0.5, 0.6) is 0 Å². The number of hydrogen-bond donors (Lipinski definition) is 2. The maximum atomic E-state index is 12.2. The molecule has 0 aliphatic heterocycles. The largest absolute Gasteiger partial charge is 0.464 e. The number of halogens is 1. The molecular weight excluding hydrogens is 337 g/mol. The SMILES string of the molecule is CN(C)Cc1ccc(CSCCNc2nsnc2NCCF)o1. The molecule has 2 N–H and O–H groups in total. The van der Waals surface area contributed by atoms with Crippen LogP contribution < -0.4 is 10.6 Å². The Balaban J connectivity index is 1.64. The predicted octanol–water partition coefficient (Wildman–Crippen LogP) is 2.92. The fourth-order valence-electron chi connectivity index (χ4n) is 1.90. The lowest BCUT2D eigenvalue weighted by atomic mass is 10.4. The first kappa shape index (κ1) is 18.0. The highest BCUT2D eigenvalue weighted by atomic mass is 32.2. The first-order valence-electron chi connectivity index (χ1n) is 7.35. The van der Waals surface area contributed by atoms with Gasteiger partial charge in [-0.1, -0.05) is 0 Å². The molecule has 0 aliphatic rings. The molecule has 0 unspecified atom stereocenters. The third-order valence-electron chi connectivity index (χ3n) is 2.85. The summed E-state index contributed by atoms with van der Waals surface area (Å²) in [6.07, 6.45) is 0. The van der Waals surface area contributed by atoms with Crippen LogP contribution in [0.4, 0.5) is 16.0 Å². The summed E-state index contributed by atoms with van der Waals surface area (Å²) in [6, 6.07) is 4.06. The van der Waals surface area contributed by atoms with Crippen LogP contribution in [0.1, 0.15) is 11.5 Å². The van der Waals surface area contributed by atoms with Gasteiger partial charge in [-0.2, -0.15) is 20.5 Å². The van der Waals surface area contributed by atoms with Gasteiger partial charge in [-0.3, -0.25) is 0 Å². The topological polar surface area (TPSA) is 66.2 Å². The summed E-state index contributed by atoms with van der Waals surface area (Å²) in [5.41, 5.74) is 0. The molecule has 6 nitrogen and oxygen atoms in total. The Morgan fingerprint density at radius 2 is 1.87 bits per heavy atom. The molecule has 0 atom stereocenters. The first-order valence-corrected chi connectivity index (χ1v) is 9.24. The minimum Gasteiger partial charge on any atom is -0.464 e. The summed E-state index contributed by atoms with van der Waals surface area (Å²) in [6.45, 7) is 1.41. The molecule has 0 spiro atoms. The average Bonchev–Trinajstić information content (AvgIpc) is 3.13. The molecule has 0 bridgehead atoms. The van der Waals surface area contributed by atoms with Gasteiger partial charge in [-0.25, -0.2) is 4.39 Å². The highest BCUT2D eigenvalue weighted by Gasteiger charge is 2.07. The van der Waals surface area contributed by atoms with Gasteiger partial charge in [-0.15, -0.1) is 0 Å². The van der Waals surface area contributed by atoms with Crippen molar-refractivity contribution in [2.75, 3.05) is 50.2 Å². The molecule has 2 rings (SSSR count). The molecule has 23 heavy (non-hydrogen) atoms. The van der Waals surface area contributed by atoms with E-state index in [0.717, 1.165) is 47.8 Å². The molecular formula is C14H22FN5OS2. The molecule has 0 fully saturated rings. The van der Waals surface area contributed by atoms with Crippen LogP contribution in [0.25, 0.3) is 0 Å². The second kappa shape index (κ2) is 9.74. The molecule has 0 saturated carbocycles. The van der Waals surface area contributed by atoms with Gasteiger partial charge >= 0.3 is 0 Å². The Morgan fingerprint density at radius 3 is 2.57 bits per heavy atom. The number of hydrogen-bond acceptors (Lipinski definition) is 8. The Kier molecular flexibility index (Phi) is 7.63. The molecule has 0 aliphatic carbocycles. The molecule has 128 valence electrons. The molecule has 0 saturated heterocycles. The minimum atomic E-state index is -0.425. The van der Waals surface area contributed by atoms with Gasteiger partial charge in [0.1, 0.15) is 18.2 Å². The molecule has 2 aromatic heterocycles. The molecule has 0 amide bonds. The fraction of sp³-hybridized carbons (Fsp3) is 0.571. The van der Waals surface area contributed by atoms with Crippen LogP contribution in [0.3, 0.4) is 0 Å². The van der Waals surface area contributed by atoms with Gasteiger partial charge in [0.15, 0.2) is 11.6 Å². The summed E-state index contributed by atoms with van der Waals surface area (Å²) in [4.78, 5) is 2.08. The van der Waals surface area contributed by atoms with Crippen LogP contribution in [-0.4, -0.2) is 53.3 Å². The lowest BCUT2D eigenvalue weighted by Crippen LogP contribution is -2.09. The maximum Gasteiger partial charge on any atom is 0.184 e. The van der Waals surface area contributed by atoms with E-state index in [1.54, 1.807) is 11.8 Å². The van der Waals surface area contributed by atoms with Crippen molar-refractivity contribution in [2.45, 2.75) is 12.3 Å². The van der Waals surface area contributed by atoms with E-state index in [1.807, 2.05) is 26.2 Å². The quantitative estimate of drug-likeness (QED) is 0.598. The van der Waals surface area contributed by atoms with Gasteiger partial charge in [0, 0.05) is 18.8 Å². The Hall–Kier alpha value is -1.32. The van der Waals surface area contributed by atoms with Crippen LogP contribution in [0.15, 0.2) is 16.5 Å². The number of thioether (sulfide) groups is 1. The molecule has 0 aromatic carbocycles. The second-order valence-corrected chi connectivity index (χ2v) is 6.80. The van der Waals surface area contributed by atoms with E-state index in [-0.39, 0.29) is 6.54 Å². The Labute approximate surface area is 144 Å².